The largest absolute Gasteiger partial charge is 0.493 e. The first-order chi connectivity index (χ1) is 9.13. The number of imidazole rings is 1. The van der Waals surface area contributed by atoms with Gasteiger partial charge >= 0.3 is 5.97 Å². The highest BCUT2D eigenvalue weighted by Crippen LogP contribution is 2.32. The van der Waals surface area contributed by atoms with Gasteiger partial charge in [0.1, 0.15) is 0 Å². The SMILES string of the molecule is COc1cc2nc(SCCC(=O)O)[nH]c2cc1OC. The van der Waals surface area contributed by atoms with Crippen molar-refractivity contribution in [3.63, 3.8) is 0 Å². The smallest absolute Gasteiger partial charge is 0.304 e. The van der Waals surface area contributed by atoms with Crippen LogP contribution in [0.4, 0.5) is 0 Å². The molecule has 2 rings (SSSR count). The minimum atomic E-state index is -0.813. The Kier molecular flexibility index (Phi) is 4.16. The predicted molar refractivity (Wildman–Crippen MR) is 72.2 cm³/mol. The predicted octanol–water partition coefficient (Wildman–Crippen LogP) is 2.15. The molecule has 1 aromatic carbocycles. The van der Waals surface area contributed by atoms with Crippen LogP contribution in [-0.2, 0) is 4.79 Å². The molecular weight excluding hydrogens is 268 g/mol. The molecule has 0 saturated carbocycles. The van der Waals surface area contributed by atoms with Gasteiger partial charge in [0.15, 0.2) is 16.7 Å². The number of nitrogens with zero attached hydrogens (tertiary/aromatic N) is 1. The van der Waals surface area contributed by atoms with Crippen LogP contribution < -0.4 is 9.47 Å². The second kappa shape index (κ2) is 5.83. The fraction of sp³-hybridized carbons (Fsp3) is 0.333. The number of rotatable bonds is 6. The van der Waals surface area contributed by atoms with Crippen LogP contribution in [0.25, 0.3) is 11.0 Å². The summed E-state index contributed by atoms with van der Waals surface area (Å²) in [7, 11) is 3.14. The lowest BCUT2D eigenvalue weighted by Gasteiger charge is -2.06. The Morgan fingerprint density at radius 3 is 2.68 bits per heavy atom. The van der Waals surface area contributed by atoms with Crippen molar-refractivity contribution in [2.45, 2.75) is 11.6 Å². The standard InChI is InChI=1S/C12H14N2O4S/c1-17-9-5-7-8(6-10(9)18-2)14-12(13-7)19-4-3-11(15)16/h5-6H,3-4H2,1-2H3,(H,13,14)(H,15,16). The van der Waals surface area contributed by atoms with Crippen LogP contribution >= 0.6 is 11.8 Å². The highest BCUT2D eigenvalue weighted by Gasteiger charge is 2.10. The Balaban J connectivity index is 2.22. The quantitative estimate of drug-likeness (QED) is 0.790. The third-order valence-corrected chi connectivity index (χ3v) is 3.40. The molecule has 1 aromatic heterocycles. The van der Waals surface area contributed by atoms with Crippen molar-refractivity contribution in [3.05, 3.63) is 12.1 Å². The van der Waals surface area contributed by atoms with Gasteiger partial charge in [-0.2, -0.15) is 0 Å². The number of aromatic nitrogens is 2. The lowest BCUT2D eigenvalue weighted by Crippen LogP contribution is -1.95. The number of methoxy groups -OCH3 is 2. The minimum Gasteiger partial charge on any atom is -0.493 e. The first-order valence-corrected chi connectivity index (χ1v) is 6.59. The maximum atomic E-state index is 10.5. The summed E-state index contributed by atoms with van der Waals surface area (Å²) in [4.78, 5) is 17.9. The van der Waals surface area contributed by atoms with E-state index in [0.29, 0.717) is 22.4 Å². The van der Waals surface area contributed by atoms with E-state index >= 15 is 0 Å². The number of carboxylic acid groups (broad SMARTS) is 1. The maximum Gasteiger partial charge on any atom is 0.304 e. The molecule has 0 amide bonds. The second-order valence-electron chi connectivity index (χ2n) is 3.76. The van der Waals surface area contributed by atoms with Crippen molar-refractivity contribution in [2.75, 3.05) is 20.0 Å². The van der Waals surface area contributed by atoms with Gasteiger partial charge in [0.2, 0.25) is 0 Å². The van der Waals surface area contributed by atoms with Gasteiger partial charge in [0.05, 0.1) is 31.7 Å². The molecular formula is C12H14N2O4S. The molecule has 2 aromatic rings. The van der Waals surface area contributed by atoms with Crippen molar-refractivity contribution in [1.29, 1.82) is 0 Å². The van der Waals surface area contributed by atoms with E-state index < -0.39 is 5.97 Å². The van der Waals surface area contributed by atoms with E-state index in [2.05, 4.69) is 9.97 Å². The number of fused-ring (bicyclic) bond motifs is 1. The number of H-pyrrole nitrogens is 1. The molecule has 0 bridgehead atoms. The number of aliphatic carboxylic acids is 1. The van der Waals surface area contributed by atoms with Crippen LogP contribution in [0.15, 0.2) is 17.3 Å². The average molecular weight is 282 g/mol. The molecule has 6 nitrogen and oxygen atoms in total. The number of hydrogen-bond acceptors (Lipinski definition) is 5. The third-order valence-electron chi connectivity index (χ3n) is 2.52. The van der Waals surface area contributed by atoms with Gasteiger partial charge in [-0.1, -0.05) is 11.8 Å². The third kappa shape index (κ3) is 3.11. The molecule has 0 unspecified atom stereocenters. The first kappa shape index (κ1) is 13.5. The molecule has 0 fully saturated rings. The van der Waals surface area contributed by atoms with E-state index in [-0.39, 0.29) is 6.42 Å². The normalized spacial score (nSPS) is 10.6. The summed E-state index contributed by atoms with van der Waals surface area (Å²) in [5, 5.41) is 9.28. The Morgan fingerprint density at radius 2 is 2.05 bits per heavy atom. The van der Waals surface area contributed by atoms with E-state index in [1.807, 2.05) is 6.07 Å². The van der Waals surface area contributed by atoms with Crippen LogP contribution in [0.2, 0.25) is 0 Å². The van der Waals surface area contributed by atoms with Crippen molar-refractivity contribution in [1.82, 2.24) is 9.97 Å². The van der Waals surface area contributed by atoms with E-state index in [9.17, 15) is 4.79 Å². The van der Waals surface area contributed by atoms with Gasteiger partial charge < -0.3 is 19.6 Å². The summed E-state index contributed by atoms with van der Waals surface area (Å²) in [6.45, 7) is 0. The summed E-state index contributed by atoms with van der Waals surface area (Å²) in [6, 6.07) is 3.59. The van der Waals surface area contributed by atoms with E-state index in [0.717, 1.165) is 11.0 Å². The van der Waals surface area contributed by atoms with Gasteiger partial charge in [0, 0.05) is 17.9 Å². The molecule has 102 valence electrons. The van der Waals surface area contributed by atoms with E-state index in [1.54, 1.807) is 20.3 Å². The summed E-state index contributed by atoms with van der Waals surface area (Å²) < 4.78 is 10.4. The molecule has 0 aliphatic heterocycles. The fourth-order valence-electron chi connectivity index (χ4n) is 1.62. The molecule has 0 radical (unpaired) electrons. The second-order valence-corrected chi connectivity index (χ2v) is 4.84. The lowest BCUT2D eigenvalue weighted by atomic mass is 10.3. The topological polar surface area (TPSA) is 84.4 Å². The molecule has 0 saturated heterocycles. The monoisotopic (exact) mass is 282 g/mol. The van der Waals surface area contributed by atoms with Crippen LogP contribution in [0.1, 0.15) is 6.42 Å². The minimum absolute atomic E-state index is 0.106. The Labute approximate surface area is 114 Å². The number of aromatic amines is 1. The van der Waals surface area contributed by atoms with Gasteiger partial charge in [0.25, 0.3) is 0 Å². The molecule has 1 heterocycles. The molecule has 2 N–H and O–H groups in total. The number of carboxylic acids is 1. The fourth-order valence-corrected chi connectivity index (χ4v) is 2.43. The Hall–Kier alpha value is -1.89. The van der Waals surface area contributed by atoms with Crippen LogP contribution in [0.3, 0.4) is 0 Å². The Morgan fingerprint density at radius 1 is 1.37 bits per heavy atom. The maximum absolute atomic E-state index is 10.5. The van der Waals surface area contributed by atoms with Crippen molar-refractivity contribution in [3.8, 4) is 11.5 Å². The zero-order valence-corrected chi connectivity index (χ0v) is 11.4. The van der Waals surface area contributed by atoms with Crippen molar-refractivity contribution in [2.24, 2.45) is 0 Å². The number of hydrogen-bond donors (Lipinski definition) is 2. The number of nitrogens with one attached hydrogen (secondary N) is 1. The van der Waals surface area contributed by atoms with E-state index in [4.69, 9.17) is 14.6 Å². The molecule has 0 aliphatic rings. The number of ether oxygens (including phenoxy) is 2. The lowest BCUT2D eigenvalue weighted by molar-refractivity contribution is -0.136. The zero-order valence-electron chi connectivity index (χ0n) is 10.6. The summed E-state index contributed by atoms with van der Waals surface area (Å²) >= 11 is 1.37. The van der Waals surface area contributed by atoms with Gasteiger partial charge in [-0.25, -0.2) is 4.98 Å². The first-order valence-electron chi connectivity index (χ1n) is 5.60. The van der Waals surface area contributed by atoms with Crippen LogP contribution in [-0.4, -0.2) is 41.0 Å². The number of benzene rings is 1. The zero-order chi connectivity index (χ0) is 13.8. The van der Waals surface area contributed by atoms with Crippen molar-refractivity contribution < 1.29 is 19.4 Å². The van der Waals surface area contributed by atoms with Crippen LogP contribution in [0, 0.1) is 0 Å². The summed E-state index contributed by atoms with van der Waals surface area (Å²) in [5.74, 6) is 0.903. The molecule has 0 atom stereocenters. The van der Waals surface area contributed by atoms with Crippen molar-refractivity contribution >= 4 is 28.8 Å². The van der Waals surface area contributed by atoms with Gasteiger partial charge in [-0.15, -0.1) is 0 Å². The van der Waals surface area contributed by atoms with Crippen LogP contribution in [0.5, 0.6) is 11.5 Å². The highest BCUT2D eigenvalue weighted by atomic mass is 32.2. The van der Waals surface area contributed by atoms with Gasteiger partial charge in [-0.3, -0.25) is 4.79 Å². The van der Waals surface area contributed by atoms with Gasteiger partial charge in [-0.05, 0) is 0 Å². The average Bonchev–Trinajstić information content (AvgIpc) is 2.77. The highest BCUT2D eigenvalue weighted by molar-refractivity contribution is 7.99. The number of thioether (sulfide) groups is 1. The van der Waals surface area contributed by atoms with E-state index in [1.165, 1.54) is 11.8 Å². The molecule has 19 heavy (non-hydrogen) atoms. The number of carbonyl (C=O) groups is 1. The summed E-state index contributed by atoms with van der Waals surface area (Å²) in [6.07, 6.45) is 0.106. The molecule has 7 heteroatoms. The summed E-state index contributed by atoms with van der Waals surface area (Å²) in [5.41, 5.74) is 1.59. The molecule has 0 aliphatic carbocycles. The molecule has 0 spiro atoms. The Bertz CT molecular complexity index is 556.